The number of hydrogen-bond acceptors (Lipinski definition) is 5. The Labute approximate surface area is 180 Å². The first kappa shape index (κ1) is 19.5. The van der Waals surface area contributed by atoms with Crippen LogP contribution >= 0.6 is 0 Å². The molecule has 2 aliphatic heterocycles. The van der Waals surface area contributed by atoms with Crippen LogP contribution in [0.5, 0.6) is 0 Å². The summed E-state index contributed by atoms with van der Waals surface area (Å²) in [5.74, 6) is 1.13. The molecule has 0 aliphatic carbocycles. The standard InChI is InChI=1S/C23H26N6O2/c24-22-16(23(31)28-10-3-4-11-28)13-15-14-29(12-9-17(15)27-22)21(30)8-7-20-25-18-5-1-2-6-19(18)26-20/h1-2,5-6,13H,3-4,7-12,14H2,(H2,24,27)(H,25,26). The molecule has 0 saturated carbocycles. The number of pyridine rings is 1. The third-order valence-electron chi connectivity index (χ3n) is 6.19. The van der Waals surface area contributed by atoms with Crippen LogP contribution < -0.4 is 5.73 Å². The minimum Gasteiger partial charge on any atom is -0.383 e. The molecule has 0 unspecified atom stereocenters. The van der Waals surface area contributed by atoms with Crippen molar-refractivity contribution in [1.82, 2.24) is 24.8 Å². The number of likely N-dealkylation sites (tertiary alicyclic amines) is 1. The number of nitrogens with one attached hydrogen (secondary N) is 1. The summed E-state index contributed by atoms with van der Waals surface area (Å²) in [5.41, 5.74) is 10.3. The first-order valence-corrected chi connectivity index (χ1v) is 10.9. The molecule has 3 aromatic rings. The number of para-hydroxylation sites is 2. The summed E-state index contributed by atoms with van der Waals surface area (Å²) in [5, 5.41) is 0. The number of H-pyrrole nitrogens is 1. The molecule has 31 heavy (non-hydrogen) atoms. The van der Waals surface area contributed by atoms with Gasteiger partial charge in [-0.3, -0.25) is 9.59 Å². The SMILES string of the molecule is Nc1nc2c(cc1C(=O)N1CCCC1)CN(C(=O)CCc1nc3ccccc3[nH]1)CC2. The van der Waals surface area contributed by atoms with Gasteiger partial charge in [-0.05, 0) is 36.6 Å². The highest BCUT2D eigenvalue weighted by Crippen LogP contribution is 2.24. The number of fused-ring (bicyclic) bond motifs is 2. The number of nitrogen functional groups attached to an aromatic ring is 1. The topological polar surface area (TPSA) is 108 Å². The maximum atomic E-state index is 12.9. The zero-order chi connectivity index (χ0) is 21.4. The molecule has 0 bridgehead atoms. The lowest BCUT2D eigenvalue weighted by Crippen LogP contribution is -2.37. The van der Waals surface area contributed by atoms with Crippen molar-refractivity contribution in [3.63, 3.8) is 0 Å². The Morgan fingerprint density at radius 2 is 1.87 bits per heavy atom. The van der Waals surface area contributed by atoms with E-state index in [2.05, 4.69) is 15.0 Å². The van der Waals surface area contributed by atoms with E-state index in [0.29, 0.717) is 43.7 Å². The normalized spacial score (nSPS) is 16.0. The van der Waals surface area contributed by atoms with Crippen molar-refractivity contribution in [3.05, 3.63) is 53.0 Å². The van der Waals surface area contributed by atoms with Crippen molar-refractivity contribution < 1.29 is 9.59 Å². The second kappa shape index (κ2) is 8.02. The number of carbonyl (C=O) groups excluding carboxylic acids is 2. The van der Waals surface area contributed by atoms with Crippen LogP contribution in [-0.4, -0.2) is 56.2 Å². The molecule has 8 heteroatoms. The van der Waals surface area contributed by atoms with Gasteiger partial charge in [0.1, 0.15) is 11.6 Å². The van der Waals surface area contributed by atoms with Crippen molar-refractivity contribution in [3.8, 4) is 0 Å². The van der Waals surface area contributed by atoms with Crippen LogP contribution in [-0.2, 0) is 24.2 Å². The van der Waals surface area contributed by atoms with Crippen molar-refractivity contribution in [2.75, 3.05) is 25.4 Å². The number of aromatic nitrogens is 3. The summed E-state index contributed by atoms with van der Waals surface area (Å²) in [6, 6.07) is 9.70. The van der Waals surface area contributed by atoms with Gasteiger partial charge in [0.15, 0.2) is 0 Å². The van der Waals surface area contributed by atoms with E-state index < -0.39 is 0 Å². The lowest BCUT2D eigenvalue weighted by Gasteiger charge is -2.29. The van der Waals surface area contributed by atoms with Crippen molar-refractivity contribution in [1.29, 1.82) is 0 Å². The molecule has 0 radical (unpaired) electrons. The summed E-state index contributed by atoms with van der Waals surface area (Å²) < 4.78 is 0. The van der Waals surface area contributed by atoms with Gasteiger partial charge in [0.25, 0.3) is 5.91 Å². The lowest BCUT2D eigenvalue weighted by molar-refractivity contribution is -0.132. The molecule has 5 rings (SSSR count). The molecular weight excluding hydrogens is 392 g/mol. The fraction of sp³-hybridized carbons (Fsp3) is 0.391. The largest absolute Gasteiger partial charge is 0.383 e. The monoisotopic (exact) mass is 418 g/mol. The van der Waals surface area contributed by atoms with E-state index in [1.807, 2.05) is 40.1 Å². The lowest BCUT2D eigenvalue weighted by atomic mass is 10.0. The van der Waals surface area contributed by atoms with Crippen LogP contribution in [0.1, 0.15) is 46.7 Å². The van der Waals surface area contributed by atoms with Crippen molar-refractivity contribution in [2.24, 2.45) is 0 Å². The maximum absolute atomic E-state index is 12.9. The Hall–Kier alpha value is -3.42. The molecular formula is C23H26N6O2. The number of imidazole rings is 1. The number of anilines is 1. The Kier molecular flexibility index (Phi) is 5.05. The average Bonchev–Trinajstić information content (AvgIpc) is 3.46. The van der Waals surface area contributed by atoms with Crippen LogP contribution in [0, 0.1) is 0 Å². The van der Waals surface area contributed by atoms with Crippen LogP contribution in [0.3, 0.4) is 0 Å². The van der Waals surface area contributed by atoms with E-state index in [4.69, 9.17) is 5.73 Å². The van der Waals surface area contributed by atoms with Gasteiger partial charge in [-0.25, -0.2) is 9.97 Å². The minimum absolute atomic E-state index is 0.0568. The van der Waals surface area contributed by atoms with Gasteiger partial charge in [0.05, 0.1) is 16.6 Å². The van der Waals surface area contributed by atoms with Gasteiger partial charge >= 0.3 is 0 Å². The Balaban J connectivity index is 1.27. The number of rotatable bonds is 4. The van der Waals surface area contributed by atoms with E-state index in [-0.39, 0.29) is 11.8 Å². The predicted molar refractivity (Wildman–Crippen MR) is 117 cm³/mol. The zero-order valence-electron chi connectivity index (χ0n) is 17.4. The van der Waals surface area contributed by atoms with Gasteiger partial charge in [0, 0.05) is 51.1 Å². The fourth-order valence-electron chi connectivity index (χ4n) is 4.47. The molecule has 2 aliphatic rings. The maximum Gasteiger partial charge on any atom is 0.257 e. The second-order valence-corrected chi connectivity index (χ2v) is 8.29. The number of hydrogen-bond donors (Lipinski definition) is 2. The summed E-state index contributed by atoms with van der Waals surface area (Å²) in [4.78, 5) is 41.7. The van der Waals surface area contributed by atoms with E-state index in [1.165, 1.54) is 0 Å². The first-order chi connectivity index (χ1) is 15.1. The van der Waals surface area contributed by atoms with Crippen LogP contribution in [0.25, 0.3) is 11.0 Å². The van der Waals surface area contributed by atoms with Crippen molar-refractivity contribution in [2.45, 2.75) is 38.6 Å². The highest BCUT2D eigenvalue weighted by atomic mass is 16.2. The van der Waals surface area contributed by atoms with Crippen LogP contribution in [0.15, 0.2) is 30.3 Å². The number of carbonyl (C=O) groups is 2. The molecule has 2 aromatic heterocycles. The van der Waals surface area contributed by atoms with E-state index in [1.54, 1.807) is 0 Å². The predicted octanol–water partition coefficient (Wildman–Crippen LogP) is 2.29. The highest BCUT2D eigenvalue weighted by molar-refractivity contribution is 5.98. The third kappa shape index (κ3) is 3.85. The number of benzene rings is 1. The molecule has 1 saturated heterocycles. The summed E-state index contributed by atoms with van der Waals surface area (Å²) >= 11 is 0. The molecule has 8 nitrogen and oxygen atoms in total. The number of amides is 2. The molecule has 2 amide bonds. The summed E-state index contributed by atoms with van der Waals surface area (Å²) in [7, 11) is 0. The number of nitrogens with zero attached hydrogens (tertiary/aromatic N) is 4. The van der Waals surface area contributed by atoms with Crippen molar-refractivity contribution >= 4 is 28.7 Å². The molecule has 0 atom stereocenters. The Morgan fingerprint density at radius 3 is 2.68 bits per heavy atom. The van der Waals surface area contributed by atoms with Gasteiger partial charge in [0.2, 0.25) is 5.91 Å². The fourth-order valence-corrected chi connectivity index (χ4v) is 4.47. The quantitative estimate of drug-likeness (QED) is 0.676. The molecule has 160 valence electrons. The molecule has 1 aromatic carbocycles. The Bertz CT molecular complexity index is 1120. The average molecular weight is 419 g/mol. The molecule has 1 fully saturated rings. The number of aromatic amines is 1. The van der Waals surface area contributed by atoms with Gasteiger partial charge < -0.3 is 20.5 Å². The van der Waals surface area contributed by atoms with Gasteiger partial charge in [-0.2, -0.15) is 0 Å². The van der Waals surface area contributed by atoms with Crippen LogP contribution in [0.4, 0.5) is 5.82 Å². The van der Waals surface area contributed by atoms with E-state index in [9.17, 15) is 9.59 Å². The number of aryl methyl sites for hydroxylation is 1. The van der Waals surface area contributed by atoms with Crippen LogP contribution in [0.2, 0.25) is 0 Å². The third-order valence-corrected chi connectivity index (χ3v) is 6.19. The smallest absolute Gasteiger partial charge is 0.257 e. The second-order valence-electron chi connectivity index (χ2n) is 8.29. The summed E-state index contributed by atoms with van der Waals surface area (Å²) in [6.07, 6.45) is 3.65. The number of nitrogens with two attached hydrogens (primary N) is 1. The van der Waals surface area contributed by atoms with Gasteiger partial charge in [-0.1, -0.05) is 12.1 Å². The zero-order valence-corrected chi connectivity index (χ0v) is 17.4. The highest BCUT2D eigenvalue weighted by Gasteiger charge is 2.27. The van der Waals surface area contributed by atoms with E-state index in [0.717, 1.165) is 54.0 Å². The van der Waals surface area contributed by atoms with Gasteiger partial charge in [-0.15, -0.1) is 0 Å². The molecule has 0 spiro atoms. The minimum atomic E-state index is -0.0568. The molecule has 4 heterocycles. The Morgan fingerprint density at radius 1 is 1.06 bits per heavy atom. The molecule has 3 N–H and O–H groups in total. The van der Waals surface area contributed by atoms with E-state index >= 15 is 0 Å². The summed E-state index contributed by atoms with van der Waals surface area (Å²) in [6.45, 7) is 2.60. The first-order valence-electron chi connectivity index (χ1n) is 10.9.